The molecule has 2 aromatic rings. The van der Waals surface area contributed by atoms with Crippen molar-refractivity contribution in [2.75, 3.05) is 12.0 Å². The molecule has 6 rings (SSSR count). The van der Waals surface area contributed by atoms with E-state index >= 15 is 0 Å². The molecule has 2 saturated heterocycles. The fraction of sp³-hybridized carbons (Fsp3) is 0.357. The number of nitrogens with one attached hydrogen (secondary N) is 1. The molecule has 4 amide bonds. The van der Waals surface area contributed by atoms with E-state index in [0.717, 1.165) is 16.5 Å². The molecule has 2 heterocycles. The molecule has 2 aromatic carbocycles. The molecule has 2 aliphatic carbocycles. The van der Waals surface area contributed by atoms with Gasteiger partial charge in [-0.2, -0.15) is 0 Å². The molecule has 0 spiro atoms. The van der Waals surface area contributed by atoms with Gasteiger partial charge in [-0.15, -0.1) is 0 Å². The fourth-order valence-electron chi connectivity index (χ4n) is 7.08. The van der Waals surface area contributed by atoms with Crippen LogP contribution in [0, 0.1) is 34.9 Å². The van der Waals surface area contributed by atoms with E-state index in [4.69, 9.17) is 16.3 Å². The second-order valence-corrected chi connectivity index (χ2v) is 10.9. The number of benzene rings is 2. The largest absolute Gasteiger partial charge is 0.504 e. The number of fused-ring (bicyclic) bond motifs is 4. The number of para-hydroxylation sites is 1. The Morgan fingerprint density at radius 1 is 1.13 bits per heavy atom. The minimum Gasteiger partial charge on any atom is -0.504 e. The van der Waals surface area contributed by atoms with Crippen molar-refractivity contribution in [3.63, 3.8) is 0 Å². The zero-order chi connectivity index (χ0) is 27.1. The van der Waals surface area contributed by atoms with Crippen molar-refractivity contribution in [1.82, 2.24) is 5.32 Å². The number of aromatic hydroxyl groups is 1. The molecule has 4 aliphatic rings. The Morgan fingerprint density at radius 2 is 1.89 bits per heavy atom. The average molecular weight is 539 g/mol. The average Bonchev–Trinajstić information content (AvgIpc) is 3.29. The van der Waals surface area contributed by atoms with Crippen LogP contribution in [-0.4, -0.2) is 35.8 Å². The lowest BCUT2D eigenvalue weighted by Crippen LogP contribution is -2.48. The Morgan fingerprint density at radius 3 is 2.61 bits per heavy atom. The summed E-state index contributed by atoms with van der Waals surface area (Å²) in [4.78, 5) is 54.6. The zero-order valence-electron chi connectivity index (χ0n) is 20.5. The molecule has 8 nitrogen and oxygen atoms in total. The van der Waals surface area contributed by atoms with Gasteiger partial charge in [0.1, 0.15) is 5.82 Å². The van der Waals surface area contributed by atoms with Crippen molar-refractivity contribution in [1.29, 1.82) is 0 Å². The number of rotatable bonds is 3. The summed E-state index contributed by atoms with van der Waals surface area (Å²) < 4.78 is 19.2. The quantitative estimate of drug-likeness (QED) is 0.455. The van der Waals surface area contributed by atoms with Crippen molar-refractivity contribution in [2.45, 2.75) is 25.7 Å². The van der Waals surface area contributed by atoms with Crippen LogP contribution < -0.4 is 15.0 Å². The summed E-state index contributed by atoms with van der Waals surface area (Å²) in [7, 11) is 1.41. The lowest BCUT2D eigenvalue weighted by Gasteiger charge is -2.49. The SMILES string of the molecule is COc1cccc(C2C3=CCC4C(=O)NC(=O)C4C3CC3C(=O)N(c4ccc(F)c(Cl)c4)C(=O)C32C)c1O. The van der Waals surface area contributed by atoms with Crippen LogP contribution in [0.4, 0.5) is 10.1 Å². The van der Waals surface area contributed by atoms with Crippen LogP contribution in [0.3, 0.4) is 0 Å². The highest BCUT2D eigenvalue weighted by Crippen LogP contribution is 2.64. The maximum atomic E-state index is 14.2. The first-order chi connectivity index (χ1) is 18.1. The maximum Gasteiger partial charge on any atom is 0.241 e. The van der Waals surface area contributed by atoms with Gasteiger partial charge in [0, 0.05) is 11.5 Å². The van der Waals surface area contributed by atoms with Crippen LogP contribution in [0.2, 0.25) is 5.02 Å². The monoisotopic (exact) mass is 538 g/mol. The molecular weight excluding hydrogens is 515 g/mol. The summed E-state index contributed by atoms with van der Waals surface area (Å²) in [5, 5.41) is 13.4. The number of carbonyl (C=O) groups is 4. The molecule has 0 bridgehead atoms. The van der Waals surface area contributed by atoms with Gasteiger partial charge in [0.25, 0.3) is 0 Å². The van der Waals surface area contributed by atoms with Gasteiger partial charge >= 0.3 is 0 Å². The van der Waals surface area contributed by atoms with Crippen molar-refractivity contribution in [2.24, 2.45) is 29.1 Å². The van der Waals surface area contributed by atoms with E-state index in [1.165, 1.54) is 19.2 Å². The van der Waals surface area contributed by atoms with Gasteiger partial charge < -0.3 is 9.84 Å². The predicted molar refractivity (Wildman–Crippen MR) is 134 cm³/mol. The number of nitrogens with zero attached hydrogens (tertiary/aromatic N) is 1. The van der Waals surface area contributed by atoms with Gasteiger partial charge in [0.2, 0.25) is 23.6 Å². The fourth-order valence-corrected chi connectivity index (χ4v) is 7.25. The summed E-state index contributed by atoms with van der Waals surface area (Å²) >= 11 is 5.99. The number of hydrogen-bond donors (Lipinski definition) is 2. The van der Waals surface area contributed by atoms with E-state index in [2.05, 4.69) is 5.32 Å². The number of phenols is 1. The molecule has 2 aliphatic heterocycles. The number of carbonyl (C=O) groups excluding carboxylic acids is 4. The summed E-state index contributed by atoms with van der Waals surface area (Å²) in [6, 6.07) is 8.59. The number of amides is 4. The maximum absolute atomic E-state index is 14.2. The van der Waals surface area contributed by atoms with Crippen LogP contribution in [0.5, 0.6) is 11.5 Å². The Bertz CT molecular complexity index is 1470. The van der Waals surface area contributed by atoms with Crippen LogP contribution in [0.15, 0.2) is 48.0 Å². The molecule has 3 fully saturated rings. The summed E-state index contributed by atoms with van der Waals surface area (Å²) in [6.07, 6.45) is 2.35. The molecule has 0 aromatic heterocycles. The molecule has 0 radical (unpaired) electrons. The van der Waals surface area contributed by atoms with Crippen molar-refractivity contribution in [3.8, 4) is 11.5 Å². The number of hydrogen-bond acceptors (Lipinski definition) is 6. The van der Waals surface area contributed by atoms with Crippen LogP contribution in [-0.2, 0) is 19.2 Å². The van der Waals surface area contributed by atoms with E-state index < -0.39 is 58.5 Å². The molecule has 196 valence electrons. The molecule has 2 N–H and O–H groups in total. The summed E-state index contributed by atoms with van der Waals surface area (Å²) in [5.41, 5.74) is -0.0929. The molecule has 1 saturated carbocycles. The molecule has 38 heavy (non-hydrogen) atoms. The normalized spacial score (nSPS) is 31.9. The third kappa shape index (κ3) is 3.14. The Hall–Kier alpha value is -3.72. The van der Waals surface area contributed by atoms with Crippen LogP contribution >= 0.6 is 11.6 Å². The smallest absolute Gasteiger partial charge is 0.241 e. The van der Waals surface area contributed by atoms with Gasteiger partial charge in [-0.3, -0.25) is 24.5 Å². The molecular formula is C28H24ClFN2O6. The molecule has 10 heteroatoms. The minimum atomic E-state index is -1.35. The van der Waals surface area contributed by atoms with Crippen molar-refractivity contribution in [3.05, 3.63) is 64.5 Å². The van der Waals surface area contributed by atoms with Gasteiger partial charge in [-0.25, -0.2) is 9.29 Å². The topological polar surface area (TPSA) is 113 Å². The van der Waals surface area contributed by atoms with E-state index in [0.29, 0.717) is 12.0 Å². The lowest BCUT2D eigenvalue weighted by molar-refractivity contribution is -0.131. The van der Waals surface area contributed by atoms with E-state index in [1.807, 2.05) is 6.08 Å². The van der Waals surface area contributed by atoms with Gasteiger partial charge in [-0.05, 0) is 49.9 Å². The number of allylic oxidation sites excluding steroid dienone is 2. The molecule has 6 atom stereocenters. The van der Waals surface area contributed by atoms with E-state index in [9.17, 15) is 28.7 Å². The third-order valence-electron chi connectivity index (χ3n) is 8.84. The predicted octanol–water partition coefficient (Wildman–Crippen LogP) is 3.71. The lowest BCUT2D eigenvalue weighted by atomic mass is 9.51. The Kier molecular flexibility index (Phi) is 5.43. The third-order valence-corrected chi connectivity index (χ3v) is 9.13. The van der Waals surface area contributed by atoms with Gasteiger partial charge in [-0.1, -0.05) is 35.4 Å². The number of halogens is 2. The standard InChI is InChI=1S/C28H24ClFN2O6/c1-28-17(26(36)32(27(28)37)12-6-9-19(30)18(29)10-12)11-16-13(7-8-14-21(16)25(35)31-24(14)34)22(28)15-4-3-5-20(38-2)23(15)33/h3-7,9-10,14,16-17,21-22,33H,8,11H2,1-2H3,(H,31,34,35). The Balaban J connectivity index is 1.56. The van der Waals surface area contributed by atoms with E-state index in [-0.39, 0.29) is 34.5 Å². The number of imide groups is 2. The van der Waals surface area contributed by atoms with Crippen molar-refractivity contribution >= 4 is 40.9 Å². The highest BCUT2D eigenvalue weighted by molar-refractivity contribution is 6.31. The second kappa shape index (κ2) is 8.39. The summed E-state index contributed by atoms with van der Waals surface area (Å²) in [5.74, 6) is -5.81. The number of anilines is 1. The highest BCUT2D eigenvalue weighted by Gasteiger charge is 2.67. The van der Waals surface area contributed by atoms with Gasteiger partial charge in [0.05, 0.1) is 41.0 Å². The highest BCUT2D eigenvalue weighted by atomic mass is 35.5. The first-order valence-corrected chi connectivity index (χ1v) is 12.7. The summed E-state index contributed by atoms with van der Waals surface area (Å²) in [6.45, 7) is 1.69. The first-order valence-electron chi connectivity index (χ1n) is 12.3. The van der Waals surface area contributed by atoms with Crippen LogP contribution in [0.1, 0.15) is 31.2 Å². The zero-order valence-corrected chi connectivity index (χ0v) is 21.3. The van der Waals surface area contributed by atoms with Crippen molar-refractivity contribution < 1.29 is 33.4 Å². The second-order valence-electron chi connectivity index (χ2n) is 10.5. The first kappa shape index (κ1) is 24.6. The van der Waals surface area contributed by atoms with Gasteiger partial charge in [0.15, 0.2) is 11.5 Å². The number of ether oxygens (including phenoxy) is 1. The van der Waals surface area contributed by atoms with E-state index in [1.54, 1.807) is 25.1 Å². The number of phenolic OH excluding ortho intramolecular Hbond substituents is 1. The minimum absolute atomic E-state index is 0.138. The Labute approximate surface area is 222 Å². The molecule has 6 unspecified atom stereocenters. The number of methoxy groups -OCH3 is 1. The van der Waals surface area contributed by atoms with Crippen LogP contribution in [0.25, 0.3) is 0 Å².